The Hall–Kier alpha value is -2.29. The molecule has 0 saturated heterocycles. The summed E-state index contributed by atoms with van der Waals surface area (Å²) >= 11 is 12.3. The van der Waals surface area contributed by atoms with E-state index in [1.807, 2.05) is 32.9 Å². The summed E-state index contributed by atoms with van der Waals surface area (Å²) in [5.41, 5.74) is 3.40. The smallest absolute Gasteiger partial charge is 0.243 e. The van der Waals surface area contributed by atoms with Crippen LogP contribution in [0.15, 0.2) is 36.4 Å². The van der Waals surface area contributed by atoms with Gasteiger partial charge in [0.25, 0.3) is 0 Å². The highest BCUT2D eigenvalue weighted by atomic mass is 35.5. The largest absolute Gasteiger partial charge is 0.352 e. The molecule has 0 radical (unpaired) electrons. The standard InChI is InChI=1S/C30H41Cl2N3O4S/c1-5-28(30(37)33-24-10-7-6-8-11-24)34(20-23-14-16-26(31)27(32)19-23)29(36)12-9-17-35(40(4,38)39)25-15-13-21(2)22(3)18-25/h13-16,18-19,24,28H,5-12,17,20H2,1-4H3,(H,33,37). The molecule has 0 aromatic heterocycles. The highest BCUT2D eigenvalue weighted by Gasteiger charge is 2.30. The number of hydrogen-bond donors (Lipinski definition) is 1. The van der Waals surface area contributed by atoms with Crippen LogP contribution < -0.4 is 9.62 Å². The minimum atomic E-state index is -3.56. The van der Waals surface area contributed by atoms with Gasteiger partial charge in [-0.15, -0.1) is 0 Å². The van der Waals surface area contributed by atoms with Gasteiger partial charge in [0.1, 0.15) is 6.04 Å². The van der Waals surface area contributed by atoms with Gasteiger partial charge < -0.3 is 10.2 Å². The van der Waals surface area contributed by atoms with E-state index in [2.05, 4.69) is 5.32 Å². The zero-order chi connectivity index (χ0) is 29.4. The zero-order valence-electron chi connectivity index (χ0n) is 23.9. The van der Waals surface area contributed by atoms with Gasteiger partial charge in [-0.05, 0) is 80.5 Å². The summed E-state index contributed by atoms with van der Waals surface area (Å²) in [5, 5.41) is 3.96. The van der Waals surface area contributed by atoms with Crippen LogP contribution in [0.1, 0.15) is 75.0 Å². The molecular weight excluding hydrogens is 569 g/mol. The Balaban J connectivity index is 1.79. The monoisotopic (exact) mass is 609 g/mol. The van der Waals surface area contributed by atoms with Gasteiger partial charge in [0.15, 0.2) is 0 Å². The van der Waals surface area contributed by atoms with Gasteiger partial charge >= 0.3 is 0 Å². The molecule has 1 fully saturated rings. The first-order chi connectivity index (χ1) is 18.9. The van der Waals surface area contributed by atoms with Crippen molar-refractivity contribution in [3.63, 3.8) is 0 Å². The number of benzene rings is 2. The topological polar surface area (TPSA) is 86.8 Å². The molecule has 220 valence electrons. The molecule has 1 aliphatic carbocycles. The van der Waals surface area contributed by atoms with E-state index in [1.165, 1.54) is 17.0 Å². The first-order valence-corrected chi connectivity index (χ1v) is 16.6. The summed E-state index contributed by atoms with van der Waals surface area (Å²) in [7, 11) is -3.56. The third kappa shape index (κ3) is 8.85. The minimum Gasteiger partial charge on any atom is -0.352 e. The molecule has 2 aromatic carbocycles. The first kappa shape index (κ1) is 32.2. The van der Waals surface area contributed by atoms with Crippen molar-refractivity contribution < 1.29 is 18.0 Å². The Bertz CT molecular complexity index is 1300. The molecule has 1 atom stereocenters. The maximum atomic E-state index is 13.7. The van der Waals surface area contributed by atoms with Gasteiger partial charge in [-0.2, -0.15) is 0 Å². The van der Waals surface area contributed by atoms with E-state index in [-0.39, 0.29) is 37.4 Å². The van der Waals surface area contributed by atoms with E-state index in [0.717, 1.165) is 42.4 Å². The molecule has 1 aliphatic rings. The molecule has 3 rings (SSSR count). The highest BCUT2D eigenvalue weighted by molar-refractivity contribution is 7.92. The van der Waals surface area contributed by atoms with Crippen LogP contribution in [0.4, 0.5) is 5.69 Å². The zero-order valence-corrected chi connectivity index (χ0v) is 26.2. The highest BCUT2D eigenvalue weighted by Crippen LogP contribution is 2.26. The lowest BCUT2D eigenvalue weighted by Gasteiger charge is -2.33. The summed E-state index contributed by atoms with van der Waals surface area (Å²) in [6, 6.07) is 10.2. The van der Waals surface area contributed by atoms with Crippen molar-refractivity contribution in [2.75, 3.05) is 17.1 Å². The number of sulfonamides is 1. The molecular formula is C30H41Cl2N3O4S. The number of amides is 2. The lowest BCUT2D eigenvalue weighted by Crippen LogP contribution is -2.51. The Morgan fingerprint density at radius 2 is 1.70 bits per heavy atom. The van der Waals surface area contributed by atoms with Gasteiger partial charge in [-0.25, -0.2) is 8.42 Å². The Labute approximate surface area is 249 Å². The maximum Gasteiger partial charge on any atom is 0.243 e. The van der Waals surface area contributed by atoms with Crippen molar-refractivity contribution in [2.45, 2.75) is 90.8 Å². The van der Waals surface area contributed by atoms with Crippen LogP contribution in [0, 0.1) is 13.8 Å². The van der Waals surface area contributed by atoms with E-state index in [0.29, 0.717) is 28.6 Å². The SMILES string of the molecule is CCC(C(=O)NC1CCCCC1)N(Cc1ccc(Cl)c(Cl)c1)C(=O)CCCN(c1ccc(C)c(C)c1)S(C)(=O)=O. The van der Waals surface area contributed by atoms with E-state index < -0.39 is 16.1 Å². The lowest BCUT2D eigenvalue weighted by atomic mass is 9.95. The van der Waals surface area contributed by atoms with E-state index in [4.69, 9.17) is 23.2 Å². The van der Waals surface area contributed by atoms with Crippen LogP contribution in [0.5, 0.6) is 0 Å². The third-order valence-corrected chi connectivity index (χ3v) is 9.54. The summed E-state index contributed by atoms with van der Waals surface area (Å²) < 4.78 is 26.6. The molecule has 2 amide bonds. The predicted molar refractivity (Wildman–Crippen MR) is 163 cm³/mol. The molecule has 7 nitrogen and oxygen atoms in total. The van der Waals surface area contributed by atoms with Crippen LogP contribution in [0.2, 0.25) is 10.0 Å². The van der Waals surface area contributed by atoms with Crippen molar-refractivity contribution in [3.8, 4) is 0 Å². The predicted octanol–water partition coefficient (Wildman–Crippen LogP) is 6.41. The molecule has 1 unspecified atom stereocenters. The molecule has 1 N–H and O–H groups in total. The average Bonchev–Trinajstić information content (AvgIpc) is 2.90. The molecule has 0 bridgehead atoms. The molecule has 0 aliphatic heterocycles. The molecule has 40 heavy (non-hydrogen) atoms. The average molecular weight is 611 g/mol. The van der Waals surface area contributed by atoms with Crippen molar-refractivity contribution in [1.82, 2.24) is 10.2 Å². The Kier molecular flexibility index (Phi) is 11.7. The number of aryl methyl sites for hydroxylation is 2. The van der Waals surface area contributed by atoms with Crippen LogP contribution in [-0.4, -0.2) is 50.0 Å². The fourth-order valence-corrected chi connectivity index (χ4v) is 6.46. The van der Waals surface area contributed by atoms with E-state index >= 15 is 0 Å². The minimum absolute atomic E-state index is 0.0887. The molecule has 2 aromatic rings. The van der Waals surface area contributed by atoms with E-state index in [1.54, 1.807) is 29.2 Å². The molecule has 0 heterocycles. The number of anilines is 1. The first-order valence-electron chi connectivity index (χ1n) is 14.0. The van der Waals surface area contributed by atoms with Gasteiger partial charge in [0.2, 0.25) is 21.8 Å². The second-order valence-electron chi connectivity index (χ2n) is 10.7. The van der Waals surface area contributed by atoms with Gasteiger partial charge in [0.05, 0.1) is 22.0 Å². The molecule has 10 heteroatoms. The summed E-state index contributed by atoms with van der Waals surface area (Å²) in [5.74, 6) is -0.374. The number of nitrogens with zero attached hydrogens (tertiary/aromatic N) is 2. The van der Waals surface area contributed by atoms with Crippen molar-refractivity contribution >= 4 is 50.7 Å². The number of carbonyl (C=O) groups excluding carboxylic acids is 2. The summed E-state index contributed by atoms with van der Waals surface area (Å²) in [4.78, 5) is 28.7. The van der Waals surface area contributed by atoms with Gasteiger partial charge in [-0.3, -0.25) is 13.9 Å². The fourth-order valence-electron chi connectivity index (χ4n) is 5.18. The molecule has 1 saturated carbocycles. The van der Waals surface area contributed by atoms with Crippen LogP contribution in [0.25, 0.3) is 0 Å². The van der Waals surface area contributed by atoms with Crippen molar-refractivity contribution in [3.05, 3.63) is 63.1 Å². The van der Waals surface area contributed by atoms with Crippen LogP contribution >= 0.6 is 23.2 Å². The number of rotatable bonds is 12. The second kappa shape index (κ2) is 14.6. The van der Waals surface area contributed by atoms with Gasteiger partial charge in [-0.1, -0.05) is 61.5 Å². The second-order valence-corrected chi connectivity index (χ2v) is 13.5. The third-order valence-electron chi connectivity index (χ3n) is 7.61. The number of nitrogens with one attached hydrogen (secondary N) is 1. The van der Waals surface area contributed by atoms with Crippen molar-refractivity contribution in [1.29, 1.82) is 0 Å². The van der Waals surface area contributed by atoms with Gasteiger partial charge in [0, 0.05) is 25.6 Å². The summed E-state index contributed by atoms with van der Waals surface area (Å²) in [6.07, 6.45) is 7.26. The Morgan fingerprint density at radius 3 is 2.30 bits per heavy atom. The number of halogens is 2. The summed E-state index contributed by atoms with van der Waals surface area (Å²) in [6.45, 7) is 6.15. The normalized spacial score (nSPS) is 14.9. The van der Waals surface area contributed by atoms with Crippen molar-refractivity contribution in [2.24, 2.45) is 0 Å². The Morgan fingerprint density at radius 1 is 1.00 bits per heavy atom. The van der Waals surface area contributed by atoms with Crippen LogP contribution in [0.3, 0.4) is 0 Å². The quantitative estimate of drug-likeness (QED) is 0.301. The van der Waals surface area contributed by atoms with E-state index in [9.17, 15) is 18.0 Å². The van der Waals surface area contributed by atoms with Crippen LogP contribution in [-0.2, 0) is 26.2 Å². The molecule has 0 spiro atoms. The fraction of sp³-hybridized carbons (Fsp3) is 0.533. The lowest BCUT2D eigenvalue weighted by molar-refractivity contribution is -0.141. The maximum absolute atomic E-state index is 13.7. The number of hydrogen-bond acceptors (Lipinski definition) is 4. The number of carbonyl (C=O) groups is 2.